The van der Waals surface area contributed by atoms with Gasteiger partial charge in [0.1, 0.15) is 0 Å². The minimum absolute atomic E-state index is 0.00524. The second-order valence-electron chi connectivity index (χ2n) is 11.8. The van der Waals surface area contributed by atoms with Crippen molar-refractivity contribution in [2.45, 2.75) is 0 Å². The molecular weight excluding hydrogens is 696 g/mol. The highest BCUT2D eigenvalue weighted by molar-refractivity contribution is 5.91. The molecule has 0 bridgehead atoms. The Bertz CT molecular complexity index is 3040. The maximum Gasteiger partial charge on any atom is 0.314 e. The molecule has 2 aromatic heterocycles. The highest BCUT2D eigenvalue weighted by Gasteiger charge is 2.05. The van der Waals surface area contributed by atoms with Crippen LogP contribution in [0.15, 0.2) is 148 Å². The summed E-state index contributed by atoms with van der Waals surface area (Å²) in [5.74, 6) is 0. The minimum Gasteiger partial charge on any atom is -0.320 e. The number of aromatic nitrogens is 8. The summed E-state index contributed by atoms with van der Waals surface area (Å²) in [4.78, 5) is 127. The standard InChI is InChI=1S/C38H26N8O8/c47-31-19-9-1-5-13-23(19)39-35(51)36(52)40-24-14-6-2-10-20(24)32(48)44-28-18-30-29(17-27(28)43-31)45-33(49)21-11-3-7-15-25(21)41-37(53)38(54)42-26-16-8-4-12-22(26)34(50)46-30/h1-18H,(H,39,51)(H,40,52)(H,41,53)(H,42,54)(H,43,47)(H,44,48)(H,45,49)(H,46,50). The van der Waals surface area contributed by atoms with E-state index in [9.17, 15) is 38.4 Å². The molecule has 5 aromatic carbocycles. The Morgan fingerprint density at radius 2 is 0.407 bits per heavy atom. The third-order valence-electron chi connectivity index (χ3n) is 8.24. The Hall–Kier alpha value is -8.14. The van der Waals surface area contributed by atoms with Crippen LogP contribution in [0.5, 0.6) is 0 Å². The summed E-state index contributed by atoms with van der Waals surface area (Å²) < 4.78 is 0. The van der Waals surface area contributed by atoms with Gasteiger partial charge in [0.25, 0.3) is 22.2 Å². The molecule has 7 rings (SSSR count). The second kappa shape index (κ2) is 14.2. The van der Waals surface area contributed by atoms with E-state index in [2.05, 4.69) is 39.9 Å². The molecule has 2 heterocycles. The summed E-state index contributed by atoms with van der Waals surface area (Å²) in [5.41, 5.74) is -7.82. The second-order valence-corrected chi connectivity index (χ2v) is 11.8. The van der Waals surface area contributed by atoms with Crippen molar-refractivity contribution in [1.82, 2.24) is 39.9 Å². The number of rotatable bonds is 0. The van der Waals surface area contributed by atoms with Crippen molar-refractivity contribution in [1.29, 1.82) is 0 Å². The van der Waals surface area contributed by atoms with Crippen molar-refractivity contribution >= 4 is 65.7 Å². The third-order valence-corrected chi connectivity index (χ3v) is 8.24. The lowest BCUT2D eigenvalue weighted by Crippen LogP contribution is -2.27. The molecule has 0 unspecified atom stereocenters. The molecule has 0 aliphatic rings. The average Bonchev–Trinajstić information content (AvgIpc) is 3.16. The molecule has 0 amide bonds. The first-order valence-electron chi connectivity index (χ1n) is 16.1. The smallest absolute Gasteiger partial charge is 0.314 e. The van der Waals surface area contributed by atoms with Gasteiger partial charge in [0.2, 0.25) is 0 Å². The highest BCUT2D eigenvalue weighted by Crippen LogP contribution is 2.14. The number of benzene rings is 5. The van der Waals surface area contributed by atoms with Crippen LogP contribution in [-0.4, -0.2) is 39.9 Å². The largest absolute Gasteiger partial charge is 0.320 e. The molecule has 54 heavy (non-hydrogen) atoms. The molecule has 266 valence electrons. The zero-order chi connectivity index (χ0) is 37.9. The van der Waals surface area contributed by atoms with E-state index in [0.717, 1.165) is 0 Å². The zero-order valence-electron chi connectivity index (χ0n) is 27.7. The molecule has 7 aromatic rings. The van der Waals surface area contributed by atoms with Crippen LogP contribution in [0.3, 0.4) is 0 Å². The Labute approximate surface area is 297 Å². The van der Waals surface area contributed by atoms with Gasteiger partial charge in [0.15, 0.2) is 0 Å². The third kappa shape index (κ3) is 6.93. The summed E-state index contributed by atoms with van der Waals surface area (Å²) in [6.07, 6.45) is 0. The molecule has 0 spiro atoms. The van der Waals surface area contributed by atoms with Crippen LogP contribution >= 0.6 is 0 Å². The molecule has 0 aliphatic heterocycles. The summed E-state index contributed by atoms with van der Waals surface area (Å²) in [7, 11) is 0. The van der Waals surface area contributed by atoms with Gasteiger partial charge in [-0.1, -0.05) is 48.5 Å². The fourth-order valence-corrected chi connectivity index (χ4v) is 5.65. The van der Waals surface area contributed by atoms with E-state index >= 15 is 0 Å². The lowest BCUT2D eigenvalue weighted by atomic mass is 10.2. The molecule has 16 nitrogen and oxygen atoms in total. The van der Waals surface area contributed by atoms with Crippen molar-refractivity contribution < 1.29 is 0 Å². The van der Waals surface area contributed by atoms with Crippen LogP contribution in [0.25, 0.3) is 65.7 Å². The molecule has 0 radical (unpaired) electrons. The van der Waals surface area contributed by atoms with E-state index in [0.29, 0.717) is 0 Å². The van der Waals surface area contributed by atoms with E-state index in [-0.39, 0.29) is 65.7 Å². The molecule has 8 N–H and O–H groups in total. The normalized spacial score (nSPS) is 10.8. The van der Waals surface area contributed by atoms with Gasteiger partial charge in [0.05, 0.1) is 65.7 Å². The van der Waals surface area contributed by atoms with Crippen LogP contribution < -0.4 is 44.5 Å². The number of fused-ring (bicyclic) bond motifs is 6. The maximum atomic E-state index is 13.8. The molecule has 0 atom stereocenters. The quantitative estimate of drug-likeness (QED) is 0.108. The first-order valence-corrected chi connectivity index (χ1v) is 16.1. The Kier molecular flexibility index (Phi) is 9.05. The topological polar surface area (TPSA) is 263 Å². The number of aromatic amines is 8. The Morgan fingerprint density at radius 3 is 0.630 bits per heavy atom. The van der Waals surface area contributed by atoms with E-state index in [1.807, 2.05) is 0 Å². The van der Waals surface area contributed by atoms with Gasteiger partial charge in [-0.3, -0.25) is 38.4 Å². The van der Waals surface area contributed by atoms with Gasteiger partial charge >= 0.3 is 22.2 Å². The van der Waals surface area contributed by atoms with E-state index in [4.69, 9.17) is 0 Å². The fraction of sp³-hybridized carbons (Fsp3) is 0. The zero-order valence-corrected chi connectivity index (χ0v) is 27.7. The summed E-state index contributed by atoms with van der Waals surface area (Å²) in [6.45, 7) is 0. The van der Waals surface area contributed by atoms with Gasteiger partial charge in [-0.25, -0.2) is 0 Å². The lowest BCUT2D eigenvalue weighted by Gasteiger charge is -2.00. The van der Waals surface area contributed by atoms with E-state index in [1.54, 1.807) is 24.3 Å². The predicted molar refractivity (Wildman–Crippen MR) is 207 cm³/mol. The molecular formula is C38H26N8O8. The average molecular weight is 723 g/mol. The lowest BCUT2D eigenvalue weighted by molar-refractivity contribution is 1.18. The summed E-state index contributed by atoms with van der Waals surface area (Å²) >= 11 is 0. The fourth-order valence-electron chi connectivity index (χ4n) is 5.65. The number of hydrogen-bond donors (Lipinski definition) is 8. The number of H-pyrrole nitrogens is 8. The molecule has 0 aliphatic carbocycles. The van der Waals surface area contributed by atoms with Crippen LogP contribution in [-0.2, 0) is 0 Å². The Morgan fingerprint density at radius 1 is 0.222 bits per heavy atom. The summed E-state index contributed by atoms with van der Waals surface area (Å²) in [5, 5.41) is -0.244. The minimum atomic E-state index is -1.11. The van der Waals surface area contributed by atoms with Crippen LogP contribution in [0, 0.1) is 0 Å². The van der Waals surface area contributed by atoms with Gasteiger partial charge in [0, 0.05) is 0 Å². The number of para-hydroxylation sites is 4. The van der Waals surface area contributed by atoms with Crippen molar-refractivity contribution in [2.75, 3.05) is 0 Å². The van der Waals surface area contributed by atoms with Gasteiger partial charge in [-0.15, -0.1) is 0 Å². The SMILES string of the molecule is O=c1[nH]c2ccccc2c(=O)[nH]c2cc3[nH]c(=O)c4ccccc4[nH]c(=O)c(=O)[nH]c4ccccc4c(=O)[nH]c3cc2[nH]c(=O)c2ccccc2[nH]c1=O. The van der Waals surface area contributed by atoms with Crippen molar-refractivity contribution in [2.24, 2.45) is 0 Å². The number of nitrogens with one attached hydrogen (secondary N) is 8. The molecule has 16 heteroatoms. The van der Waals surface area contributed by atoms with Crippen molar-refractivity contribution in [3.63, 3.8) is 0 Å². The van der Waals surface area contributed by atoms with Crippen LogP contribution in [0.1, 0.15) is 0 Å². The Balaban J connectivity index is 1.81. The van der Waals surface area contributed by atoms with Crippen molar-refractivity contribution in [3.8, 4) is 0 Å². The molecule has 0 saturated carbocycles. The number of hydrogen-bond acceptors (Lipinski definition) is 8. The predicted octanol–water partition coefficient (Wildman–Crippen LogP) is 2.61. The molecule has 0 saturated heterocycles. The molecule has 0 fully saturated rings. The van der Waals surface area contributed by atoms with Crippen LogP contribution in [0.2, 0.25) is 0 Å². The highest BCUT2D eigenvalue weighted by atomic mass is 16.2. The summed E-state index contributed by atoms with van der Waals surface area (Å²) in [6, 6.07) is 26.1. The maximum absolute atomic E-state index is 13.8. The first kappa shape index (κ1) is 34.3. The monoisotopic (exact) mass is 722 g/mol. The van der Waals surface area contributed by atoms with Gasteiger partial charge in [-0.05, 0) is 60.7 Å². The van der Waals surface area contributed by atoms with Crippen LogP contribution in [0.4, 0.5) is 0 Å². The van der Waals surface area contributed by atoms with E-state index < -0.39 is 44.5 Å². The first-order chi connectivity index (χ1) is 26.0. The van der Waals surface area contributed by atoms with Crippen molar-refractivity contribution in [3.05, 3.63) is 192 Å². The van der Waals surface area contributed by atoms with E-state index in [1.165, 1.54) is 84.9 Å². The van der Waals surface area contributed by atoms with Gasteiger partial charge in [-0.2, -0.15) is 0 Å². The van der Waals surface area contributed by atoms with Gasteiger partial charge < -0.3 is 39.9 Å².